The maximum Gasteiger partial charge on any atom is 0.418 e. The molecule has 1 aromatic rings. The van der Waals surface area contributed by atoms with Gasteiger partial charge in [-0.05, 0) is 12.5 Å². The molecular weight excluding hydrogens is 273 g/mol. The van der Waals surface area contributed by atoms with Gasteiger partial charge in [0.1, 0.15) is 0 Å². The highest BCUT2D eigenvalue weighted by Crippen LogP contribution is 2.39. The fourth-order valence-electron chi connectivity index (χ4n) is 1.60. The molecule has 0 amide bonds. The summed E-state index contributed by atoms with van der Waals surface area (Å²) in [5, 5.41) is 0. The van der Waals surface area contributed by atoms with Gasteiger partial charge >= 0.3 is 12.1 Å². The Morgan fingerprint density at radius 1 is 1.42 bits per heavy atom. The number of alkyl halides is 5. The van der Waals surface area contributed by atoms with Gasteiger partial charge in [-0.2, -0.15) is 13.2 Å². The Morgan fingerprint density at radius 3 is 2.42 bits per heavy atom. The average molecular weight is 283 g/mol. The number of carbonyl (C=O) groups is 1. The van der Waals surface area contributed by atoms with Crippen LogP contribution in [0, 0.1) is 6.92 Å². The number of pyridine rings is 1. The van der Waals surface area contributed by atoms with E-state index < -0.39 is 41.8 Å². The smallest absolute Gasteiger partial charge is 0.418 e. The van der Waals surface area contributed by atoms with Crippen LogP contribution >= 0.6 is 0 Å². The van der Waals surface area contributed by atoms with Crippen LogP contribution in [0.5, 0.6) is 0 Å². The van der Waals surface area contributed by atoms with Crippen molar-refractivity contribution in [1.29, 1.82) is 0 Å². The first-order valence-electron chi connectivity index (χ1n) is 5.09. The lowest BCUT2D eigenvalue weighted by Crippen LogP contribution is -2.19. The van der Waals surface area contributed by atoms with Crippen molar-refractivity contribution in [3.8, 4) is 0 Å². The van der Waals surface area contributed by atoms with Crippen LogP contribution in [-0.2, 0) is 22.1 Å². The van der Waals surface area contributed by atoms with Gasteiger partial charge in [0.15, 0.2) is 0 Å². The summed E-state index contributed by atoms with van der Waals surface area (Å²) < 4.78 is 68.4. The van der Waals surface area contributed by atoms with E-state index in [4.69, 9.17) is 0 Å². The summed E-state index contributed by atoms with van der Waals surface area (Å²) in [5.74, 6) is -0.984. The monoisotopic (exact) mass is 283 g/mol. The summed E-state index contributed by atoms with van der Waals surface area (Å²) in [7, 11) is 0.984. The highest BCUT2D eigenvalue weighted by molar-refractivity contribution is 5.72. The van der Waals surface area contributed by atoms with E-state index in [1.165, 1.54) is 0 Å². The molecule has 0 spiro atoms. The lowest BCUT2D eigenvalue weighted by Gasteiger charge is -2.17. The minimum Gasteiger partial charge on any atom is -0.469 e. The zero-order valence-electron chi connectivity index (χ0n) is 10.0. The Balaban J connectivity index is 3.48. The normalized spacial score (nSPS) is 11.8. The number of hydrogen-bond acceptors (Lipinski definition) is 3. The van der Waals surface area contributed by atoms with Crippen molar-refractivity contribution in [3.63, 3.8) is 0 Å². The number of nitrogens with zero attached hydrogens (tertiary/aromatic N) is 1. The molecule has 1 aromatic heterocycles. The second-order valence-electron chi connectivity index (χ2n) is 3.73. The molecule has 0 fully saturated rings. The fraction of sp³-hybridized carbons (Fsp3) is 0.455. The van der Waals surface area contributed by atoms with Crippen molar-refractivity contribution in [1.82, 2.24) is 4.98 Å². The van der Waals surface area contributed by atoms with Crippen LogP contribution in [0.15, 0.2) is 6.20 Å². The van der Waals surface area contributed by atoms with Gasteiger partial charge in [0.05, 0.1) is 24.8 Å². The highest BCUT2D eigenvalue weighted by atomic mass is 19.4. The number of aryl methyl sites for hydroxylation is 1. The van der Waals surface area contributed by atoms with E-state index in [-0.39, 0.29) is 5.56 Å². The number of esters is 1. The fourth-order valence-corrected chi connectivity index (χ4v) is 1.60. The van der Waals surface area contributed by atoms with Crippen LogP contribution in [0.2, 0.25) is 0 Å². The summed E-state index contributed by atoms with van der Waals surface area (Å²) in [4.78, 5) is 14.4. The zero-order chi connectivity index (χ0) is 14.8. The molecule has 0 saturated carbocycles. The molecule has 0 aromatic carbocycles. The third-order valence-corrected chi connectivity index (χ3v) is 2.44. The molecule has 0 aliphatic heterocycles. The van der Waals surface area contributed by atoms with Gasteiger partial charge in [0.25, 0.3) is 6.43 Å². The average Bonchev–Trinajstić information content (AvgIpc) is 2.28. The number of halogens is 5. The Bertz CT molecular complexity index is 485. The van der Waals surface area contributed by atoms with Crippen molar-refractivity contribution in [2.45, 2.75) is 25.9 Å². The second-order valence-corrected chi connectivity index (χ2v) is 3.73. The Labute approximate surface area is 105 Å². The van der Waals surface area contributed by atoms with Crippen LogP contribution in [-0.4, -0.2) is 18.1 Å². The van der Waals surface area contributed by atoms with E-state index in [9.17, 15) is 26.7 Å². The summed E-state index contributed by atoms with van der Waals surface area (Å²) in [5.41, 5.74) is -3.76. The molecular formula is C11H10F5NO2. The molecule has 8 heteroatoms. The molecule has 0 bridgehead atoms. The molecule has 0 N–H and O–H groups in total. The van der Waals surface area contributed by atoms with Crippen LogP contribution in [0.4, 0.5) is 22.0 Å². The number of ether oxygens (including phenoxy) is 1. The van der Waals surface area contributed by atoms with E-state index in [1.807, 2.05) is 0 Å². The molecule has 106 valence electrons. The molecule has 0 atom stereocenters. The predicted octanol–water partition coefficient (Wildman–Crippen LogP) is 3.06. The van der Waals surface area contributed by atoms with Crippen LogP contribution in [0.1, 0.15) is 28.8 Å². The molecule has 0 aliphatic carbocycles. The van der Waals surface area contributed by atoms with Crippen LogP contribution < -0.4 is 0 Å². The van der Waals surface area contributed by atoms with Gasteiger partial charge in [-0.25, -0.2) is 8.78 Å². The molecule has 3 nitrogen and oxygen atoms in total. The SMILES string of the molecule is COC(=O)Cc1ncc(C)c(C(F)F)c1C(F)(F)F. The van der Waals surface area contributed by atoms with Gasteiger partial charge in [0.2, 0.25) is 0 Å². The largest absolute Gasteiger partial charge is 0.469 e. The van der Waals surface area contributed by atoms with Gasteiger partial charge in [-0.3, -0.25) is 9.78 Å². The molecule has 0 unspecified atom stereocenters. The standard InChI is InChI=1S/C11H10F5NO2/c1-5-4-17-6(3-7(18)19-2)9(11(14,15)16)8(5)10(12)13/h4,10H,3H2,1-2H3. The van der Waals surface area contributed by atoms with E-state index in [0.717, 1.165) is 20.2 Å². The summed E-state index contributed by atoms with van der Waals surface area (Å²) in [6, 6.07) is 0. The number of carbonyl (C=O) groups excluding carboxylic acids is 1. The Morgan fingerprint density at radius 2 is 2.00 bits per heavy atom. The molecule has 1 rings (SSSR count). The molecule has 0 radical (unpaired) electrons. The third-order valence-electron chi connectivity index (χ3n) is 2.44. The highest BCUT2D eigenvalue weighted by Gasteiger charge is 2.40. The lowest BCUT2D eigenvalue weighted by molar-refractivity contribution is -0.142. The number of aromatic nitrogens is 1. The van der Waals surface area contributed by atoms with Crippen molar-refractivity contribution in [2.24, 2.45) is 0 Å². The lowest BCUT2D eigenvalue weighted by atomic mass is 10.00. The van der Waals surface area contributed by atoms with Crippen LogP contribution in [0.3, 0.4) is 0 Å². The molecule has 19 heavy (non-hydrogen) atoms. The number of hydrogen-bond donors (Lipinski definition) is 0. The summed E-state index contributed by atoms with van der Waals surface area (Å²) >= 11 is 0. The maximum atomic E-state index is 12.9. The quantitative estimate of drug-likeness (QED) is 0.632. The Hall–Kier alpha value is -1.73. The Kier molecular flexibility index (Phi) is 4.43. The zero-order valence-corrected chi connectivity index (χ0v) is 10.0. The predicted molar refractivity (Wildman–Crippen MR) is 54.7 cm³/mol. The number of rotatable bonds is 3. The number of methoxy groups -OCH3 is 1. The van der Waals surface area contributed by atoms with Gasteiger partial charge in [-0.15, -0.1) is 0 Å². The van der Waals surface area contributed by atoms with E-state index >= 15 is 0 Å². The van der Waals surface area contributed by atoms with E-state index in [1.54, 1.807) is 0 Å². The second kappa shape index (κ2) is 5.50. The molecule has 1 heterocycles. The maximum absolute atomic E-state index is 12.9. The van der Waals surface area contributed by atoms with Crippen molar-refractivity contribution >= 4 is 5.97 Å². The first-order chi connectivity index (χ1) is 8.68. The first kappa shape index (κ1) is 15.3. The third kappa shape index (κ3) is 3.39. The minimum absolute atomic E-state index is 0.282. The van der Waals surface area contributed by atoms with E-state index in [0.29, 0.717) is 0 Å². The topological polar surface area (TPSA) is 39.2 Å². The summed E-state index contributed by atoms with van der Waals surface area (Å²) in [6.45, 7) is 1.10. The summed E-state index contributed by atoms with van der Waals surface area (Å²) in [6.07, 6.45) is -8.26. The van der Waals surface area contributed by atoms with Gasteiger partial charge in [0, 0.05) is 11.8 Å². The van der Waals surface area contributed by atoms with Gasteiger partial charge < -0.3 is 4.74 Å². The molecule has 0 aliphatic rings. The van der Waals surface area contributed by atoms with Crippen molar-refractivity contribution in [3.05, 3.63) is 28.6 Å². The first-order valence-corrected chi connectivity index (χ1v) is 5.09. The minimum atomic E-state index is -5.02. The van der Waals surface area contributed by atoms with Gasteiger partial charge in [-0.1, -0.05) is 0 Å². The molecule has 0 saturated heterocycles. The van der Waals surface area contributed by atoms with Crippen molar-refractivity contribution in [2.75, 3.05) is 7.11 Å². The van der Waals surface area contributed by atoms with Crippen LogP contribution in [0.25, 0.3) is 0 Å². The van der Waals surface area contributed by atoms with Crippen molar-refractivity contribution < 1.29 is 31.5 Å². The van der Waals surface area contributed by atoms with E-state index in [2.05, 4.69) is 9.72 Å².